The minimum atomic E-state index is -0.900. The van der Waals surface area contributed by atoms with E-state index in [-0.39, 0.29) is 0 Å². The second-order valence-corrected chi connectivity index (χ2v) is 5.61. The van der Waals surface area contributed by atoms with E-state index in [1.54, 1.807) is 30.3 Å². The van der Waals surface area contributed by atoms with Crippen LogP contribution in [0.25, 0.3) is 6.08 Å². The van der Waals surface area contributed by atoms with Gasteiger partial charge in [0.05, 0.1) is 0 Å². The third-order valence-corrected chi connectivity index (χ3v) is 3.94. The van der Waals surface area contributed by atoms with Crippen LogP contribution in [0.5, 0.6) is 0 Å². The van der Waals surface area contributed by atoms with Crippen molar-refractivity contribution in [3.05, 3.63) is 70.8 Å². The molecule has 0 aliphatic carbocycles. The maximum absolute atomic E-state index is 11.3. The lowest BCUT2D eigenvalue weighted by molar-refractivity contribution is -0.132. The van der Waals surface area contributed by atoms with Crippen molar-refractivity contribution in [3.8, 4) is 0 Å². The molecule has 4 heteroatoms. The van der Waals surface area contributed by atoms with Gasteiger partial charge in [0, 0.05) is 21.2 Å². The van der Waals surface area contributed by atoms with Gasteiger partial charge in [0.2, 0.25) is 0 Å². The molecule has 0 spiro atoms. The zero-order valence-corrected chi connectivity index (χ0v) is 12.2. The molecule has 1 N–H and O–H groups in total. The quantitative estimate of drug-likeness (QED) is 0.648. The molecule has 0 aromatic heterocycles. The summed E-state index contributed by atoms with van der Waals surface area (Å²) in [5, 5.41) is 9.90. The number of carboxylic acid groups (broad SMARTS) is 1. The first-order valence-electron chi connectivity index (χ1n) is 6.02. The predicted molar refractivity (Wildman–Crippen MR) is 84.2 cm³/mol. The van der Waals surface area contributed by atoms with Crippen molar-refractivity contribution in [1.82, 2.24) is 0 Å². The smallest absolute Gasteiger partial charge is 0.332 e. The average Bonchev–Trinajstić information content (AvgIpc) is 2.46. The Hall–Kier alpha value is -1.71. The van der Waals surface area contributed by atoms with Gasteiger partial charge in [-0.05, 0) is 35.9 Å². The molecule has 2 aromatic carbocycles. The van der Waals surface area contributed by atoms with Gasteiger partial charge in [0.15, 0.2) is 0 Å². The van der Waals surface area contributed by atoms with Crippen molar-refractivity contribution in [3.63, 3.8) is 0 Å². The van der Waals surface area contributed by atoms with Gasteiger partial charge in [-0.2, -0.15) is 0 Å². The molecule has 0 bridgehead atoms. The highest BCUT2D eigenvalue weighted by atomic mass is 35.5. The van der Waals surface area contributed by atoms with E-state index in [1.807, 2.05) is 30.3 Å². The Morgan fingerprint density at radius 3 is 2.35 bits per heavy atom. The van der Waals surface area contributed by atoms with Gasteiger partial charge in [-0.25, -0.2) is 4.79 Å². The molecule has 2 nitrogen and oxygen atoms in total. The Bertz CT molecular complexity index is 606. The number of thioether (sulfide) groups is 1. The van der Waals surface area contributed by atoms with Crippen molar-refractivity contribution < 1.29 is 9.90 Å². The molecule has 0 aliphatic heterocycles. The Balaban J connectivity index is 2.11. The van der Waals surface area contributed by atoms with E-state index in [9.17, 15) is 9.90 Å². The van der Waals surface area contributed by atoms with Gasteiger partial charge in [-0.1, -0.05) is 41.9 Å². The lowest BCUT2D eigenvalue weighted by Gasteiger charge is -2.03. The summed E-state index contributed by atoms with van der Waals surface area (Å²) in [4.78, 5) is 12.3. The number of carbonyl (C=O) groups is 1. The first kappa shape index (κ1) is 14.7. The Labute approximate surface area is 127 Å². The van der Waals surface area contributed by atoms with Gasteiger partial charge in [-0.15, -0.1) is 11.8 Å². The molecule has 102 valence electrons. The molecule has 0 unspecified atom stereocenters. The Morgan fingerprint density at radius 2 is 1.75 bits per heavy atom. The van der Waals surface area contributed by atoms with Crippen LogP contribution in [0.4, 0.5) is 0 Å². The van der Waals surface area contributed by atoms with Crippen LogP contribution in [-0.2, 0) is 4.79 Å². The van der Waals surface area contributed by atoms with E-state index in [2.05, 4.69) is 0 Å². The molecule has 0 radical (unpaired) electrons. The topological polar surface area (TPSA) is 37.3 Å². The van der Waals surface area contributed by atoms with Gasteiger partial charge in [0.1, 0.15) is 0 Å². The fourth-order valence-corrected chi connectivity index (χ4v) is 2.61. The van der Waals surface area contributed by atoms with Crippen molar-refractivity contribution in [2.45, 2.75) is 4.90 Å². The van der Waals surface area contributed by atoms with Crippen LogP contribution < -0.4 is 0 Å². The normalized spacial score (nSPS) is 11.3. The van der Waals surface area contributed by atoms with Crippen molar-refractivity contribution in [1.29, 1.82) is 0 Å². The van der Waals surface area contributed by atoms with Crippen LogP contribution >= 0.6 is 23.4 Å². The molecule has 0 amide bonds. The Morgan fingerprint density at radius 1 is 1.10 bits per heavy atom. The highest BCUT2D eigenvalue weighted by Gasteiger charge is 2.08. The Kier molecular flexibility index (Phi) is 5.27. The molecule has 0 fully saturated rings. The van der Waals surface area contributed by atoms with Crippen LogP contribution in [0.1, 0.15) is 5.56 Å². The van der Waals surface area contributed by atoms with Crippen LogP contribution in [0.3, 0.4) is 0 Å². The zero-order chi connectivity index (χ0) is 14.4. The van der Waals surface area contributed by atoms with Gasteiger partial charge < -0.3 is 5.11 Å². The number of carboxylic acids is 1. The largest absolute Gasteiger partial charge is 0.478 e. The second-order valence-electron chi connectivity index (χ2n) is 4.13. The van der Waals surface area contributed by atoms with E-state index in [1.165, 1.54) is 11.8 Å². The highest BCUT2D eigenvalue weighted by Crippen LogP contribution is 2.21. The van der Waals surface area contributed by atoms with Gasteiger partial charge in [0.25, 0.3) is 0 Å². The van der Waals surface area contributed by atoms with Crippen LogP contribution in [0.2, 0.25) is 5.02 Å². The third-order valence-electron chi connectivity index (χ3n) is 2.62. The number of aliphatic carboxylic acids is 1. The number of hydrogen-bond donors (Lipinski definition) is 1. The van der Waals surface area contributed by atoms with Crippen molar-refractivity contribution in [2.24, 2.45) is 0 Å². The summed E-state index contributed by atoms with van der Waals surface area (Å²) in [7, 11) is 0. The van der Waals surface area contributed by atoms with Crippen molar-refractivity contribution >= 4 is 35.4 Å². The SMILES string of the molecule is O=C(O)/C(=C/c1ccc(Cl)cc1)CSc1ccccc1. The summed E-state index contributed by atoms with van der Waals surface area (Å²) in [5.41, 5.74) is 1.20. The zero-order valence-electron chi connectivity index (χ0n) is 10.6. The van der Waals surface area contributed by atoms with Crippen LogP contribution in [-0.4, -0.2) is 16.8 Å². The van der Waals surface area contributed by atoms with Gasteiger partial charge >= 0.3 is 5.97 Å². The lowest BCUT2D eigenvalue weighted by Crippen LogP contribution is -2.02. The first-order valence-corrected chi connectivity index (χ1v) is 7.39. The molecule has 0 aliphatic rings. The summed E-state index contributed by atoms with van der Waals surface area (Å²) in [6, 6.07) is 16.8. The van der Waals surface area contributed by atoms with Crippen molar-refractivity contribution in [2.75, 3.05) is 5.75 Å². The van der Waals surface area contributed by atoms with E-state index in [0.29, 0.717) is 16.3 Å². The molecule has 0 saturated carbocycles. The molecular formula is C16H13ClO2S. The highest BCUT2D eigenvalue weighted by molar-refractivity contribution is 7.99. The number of hydrogen-bond acceptors (Lipinski definition) is 2. The van der Waals surface area contributed by atoms with Gasteiger partial charge in [-0.3, -0.25) is 0 Å². The minimum absolute atomic E-state index is 0.362. The van der Waals surface area contributed by atoms with Crippen LogP contribution in [0, 0.1) is 0 Å². The maximum Gasteiger partial charge on any atom is 0.332 e. The molecule has 0 atom stereocenters. The lowest BCUT2D eigenvalue weighted by atomic mass is 10.1. The summed E-state index contributed by atoms with van der Waals surface area (Å²) in [5.74, 6) is -0.481. The molecule has 0 saturated heterocycles. The standard InChI is InChI=1S/C16H13ClO2S/c17-14-8-6-12(7-9-14)10-13(16(18)19)11-20-15-4-2-1-3-5-15/h1-10H,11H2,(H,18,19)/b13-10+. The number of rotatable bonds is 5. The molecular weight excluding hydrogens is 292 g/mol. The molecule has 0 heterocycles. The third kappa shape index (κ3) is 4.44. The summed E-state index contributed by atoms with van der Waals surface area (Å²) >= 11 is 7.31. The molecule has 20 heavy (non-hydrogen) atoms. The fraction of sp³-hybridized carbons (Fsp3) is 0.0625. The molecule has 2 aromatic rings. The average molecular weight is 305 g/mol. The monoisotopic (exact) mass is 304 g/mol. The summed E-state index contributed by atoms with van der Waals surface area (Å²) in [6.45, 7) is 0. The summed E-state index contributed by atoms with van der Waals surface area (Å²) in [6.07, 6.45) is 1.68. The first-order chi connectivity index (χ1) is 9.65. The fourth-order valence-electron chi connectivity index (χ4n) is 1.60. The maximum atomic E-state index is 11.3. The predicted octanol–water partition coefficient (Wildman–Crippen LogP) is 4.60. The molecule has 2 rings (SSSR count). The number of benzene rings is 2. The van der Waals surface area contributed by atoms with E-state index >= 15 is 0 Å². The van der Waals surface area contributed by atoms with Crippen LogP contribution in [0.15, 0.2) is 65.1 Å². The second kappa shape index (κ2) is 7.17. The number of halogens is 1. The summed E-state index contributed by atoms with van der Waals surface area (Å²) < 4.78 is 0. The van der Waals surface area contributed by atoms with E-state index in [0.717, 1.165) is 10.5 Å². The minimum Gasteiger partial charge on any atom is -0.478 e. The van der Waals surface area contributed by atoms with E-state index < -0.39 is 5.97 Å². The van der Waals surface area contributed by atoms with E-state index in [4.69, 9.17) is 11.6 Å².